The van der Waals surface area contributed by atoms with Crippen molar-refractivity contribution in [2.24, 2.45) is 4.99 Å². The summed E-state index contributed by atoms with van der Waals surface area (Å²) in [5, 5.41) is 14.3. The second-order valence-electron chi connectivity index (χ2n) is 6.40. The summed E-state index contributed by atoms with van der Waals surface area (Å²) in [5.74, 6) is -0.260. The summed E-state index contributed by atoms with van der Waals surface area (Å²) >= 11 is 1.50. The highest BCUT2D eigenvalue weighted by Gasteiger charge is 2.25. The van der Waals surface area contributed by atoms with Gasteiger partial charge in [-0.1, -0.05) is 18.2 Å². The van der Waals surface area contributed by atoms with Crippen LogP contribution in [0.3, 0.4) is 0 Å². The van der Waals surface area contributed by atoms with E-state index in [1.54, 1.807) is 0 Å². The third-order valence-electron chi connectivity index (χ3n) is 4.51. The first-order valence-corrected chi connectivity index (χ1v) is 9.72. The SMILES string of the molecule is O=C(Nc1ccccc1)c1c(/N=C/c2ccc([N+](=O)[O-])o2)sc2c1CCCC2. The average molecular weight is 395 g/mol. The number of nitrogens with zero attached hydrogens (tertiary/aromatic N) is 2. The Kier molecular flexibility index (Phi) is 5.03. The highest BCUT2D eigenvalue weighted by Crippen LogP contribution is 2.40. The first-order chi connectivity index (χ1) is 13.6. The largest absolute Gasteiger partial charge is 0.433 e. The van der Waals surface area contributed by atoms with Crippen LogP contribution in [0.5, 0.6) is 0 Å². The molecule has 7 nitrogen and oxygen atoms in total. The van der Waals surface area contributed by atoms with Crippen molar-refractivity contribution in [1.82, 2.24) is 0 Å². The number of aryl methyl sites for hydroxylation is 1. The summed E-state index contributed by atoms with van der Waals surface area (Å²) in [6.07, 6.45) is 5.35. The predicted molar refractivity (Wildman–Crippen MR) is 108 cm³/mol. The maximum atomic E-state index is 13.0. The summed E-state index contributed by atoms with van der Waals surface area (Å²) in [6.45, 7) is 0. The molecular formula is C20H17N3O4S. The van der Waals surface area contributed by atoms with Crippen LogP contribution in [0.15, 0.2) is 51.9 Å². The lowest BCUT2D eigenvalue weighted by Gasteiger charge is -2.12. The number of para-hydroxylation sites is 1. The van der Waals surface area contributed by atoms with Gasteiger partial charge in [0, 0.05) is 10.6 Å². The van der Waals surface area contributed by atoms with Crippen LogP contribution in [0, 0.1) is 10.1 Å². The first-order valence-electron chi connectivity index (χ1n) is 8.91. The molecule has 1 aromatic carbocycles. The minimum absolute atomic E-state index is 0.192. The number of hydrogen-bond acceptors (Lipinski definition) is 6. The summed E-state index contributed by atoms with van der Waals surface area (Å²) in [7, 11) is 0. The molecule has 0 bridgehead atoms. The van der Waals surface area contributed by atoms with Gasteiger partial charge in [-0.2, -0.15) is 0 Å². The van der Waals surface area contributed by atoms with Gasteiger partial charge in [0.25, 0.3) is 5.91 Å². The van der Waals surface area contributed by atoms with Gasteiger partial charge < -0.3 is 9.73 Å². The molecular weight excluding hydrogens is 378 g/mol. The number of carbonyl (C=O) groups excluding carboxylic acids is 1. The van der Waals surface area contributed by atoms with Crippen LogP contribution in [-0.4, -0.2) is 17.0 Å². The Morgan fingerprint density at radius 3 is 2.71 bits per heavy atom. The van der Waals surface area contributed by atoms with Crippen LogP contribution in [0.25, 0.3) is 0 Å². The average Bonchev–Trinajstić information content (AvgIpc) is 3.31. The van der Waals surface area contributed by atoms with Crippen LogP contribution in [0.1, 0.15) is 39.4 Å². The standard InChI is InChI=1S/C20H17N3O4S/c24-19(22-13-6-2-1-3-7-13)18-15-8-4-5-9-16(15)28-20(18)21-12-14-10-11-17(27-14)23(25)26/h1-3,6-7,10-12H,4-5,8-9H2,(H,22,24)/b21-12+. The maximum absolute atomic E-state index is 13.0. The zero-order valence-electron chi connectivity index (χ0n) is 14.9. The van der Waals surface area contributed by atoms with E-state index in [4.69, 9.17) is 4.42 Å². The van der Waals surface area contributed by atoms with E-state index >= 15 is 0 Å². The Morgan fingerprint density at radius 2 is 1.96 bits per heavy atom. The maximum Gasteiger partial charge on any atom is 0.433 e. The molecule has 3 aromatic rings. The van der Waals surface area contributed by atoms with E-state index in [2.05, 4.69) is 10.3 Å². The van der Waals surface area contributed by atoms with Gasteiger partial charge in [-0.15, -0.1) is 11.3 Å². The Labute approximate surface area is 164 Å². The highest BCUT2D eigenvalue weighted by molar-refractivity contribution is 7.16. The minimum atomic E-state index is -0.597. The Balaban J connectivity index is 1.66. The van der Waals surface area contributed by atoms with Crippen LogP contribution in [-0.2, 0) is 12.8 Å². The molecule has 0 unspecified atom stereocenters. The zero-order chi connectivity index (χ0) is 19.5. The van der Waals surface area contributed by atoms with Crippen molar-refractivity contribution in [2.75, 3.05) is 5.32 Å². The molecule has 0 saturated carbocycles. The molecule has 0 atom stereocenters. The third-order valence-corrected chi connectivity index (χ3v) is 5.71. The normalized spacial score (nSPS) is 13.4. The number of nitro groups is 1. The van der Waals surface area contributed by atoms with Crippen molar-refractivity contribution in [3.63, 3.8) is 0 Å². The fraction of sp³-hybridized carbons (Fsp3) is 0.200. The quantitative estimate of drug-likeness (QED) is 0.368. The number of anilines is 1. The van der Waals surface area contributed by atoms with Crippen molar-refractivity contribution < 1.29 is 14.1 Å². The molecule has 0 aliphatic heterocycles. The first kappa shape index (κ1) is 18.1. The number of rotatable bonds is 5. The monoisotopic (exact) mass is 395 g/mol. The Bertz CT molecular complexity index is 1050. The van der Waals surface area contributed by atoms with E-state index in [0.29, 0.717) is 10.6 Å². The topological polar surface area (TPSA) is 97.7 Å². The predicted octanol–water partition coefficient (Wildman–Crippen LogP) is 5.13. The Hall–Kier alpha value is -3.26. The number of thiophene rings is 1. The van der Waals surface area contributed by atoms with Crippen molar-refractivity contribution in [3.05, 3.63) is 74.3 Å². The molecule has 0 radical (unpaired) electrons. The van der Waals surface area contributed by atoms with E-state index in [-0.39, 0.29) is 17.6 Å². The molecule has 4 rings (SSSR count). The molecule has 8 heteroatoms. The summed E-state index contributed by atoms with van der Waals surface area (Å²) < 4.78 is 5.12. The molecule has 1 N–H and O–H groups in total. The van der Waals surface area contributed by atoms with E-state index in [1.807, 2.05) is 30.3 Å². The molecule has 2 heterocycles. The molecule has 1 aliphatic rings. The fourth-order valence-electron chi connectivity index (χ4n) is 3.22. The van der Waals surface area contributed by atoms with Crippen molar-refractivity contribution in [3.8, 4) is 0 Å². The lowest BCUT2D eigenvalue weighted by Crippen LogP contribution is -2.14. The number of furan rings is 1. The number of amides is 1. The van der Waals surface area contributed by atoms with Crippen LogP contribution in [0.4, 0.5) is 16.6 Å². The second-order valence-corrected chi connectivity index (χ2v) is 7.49. The van der Waals surface area contributed by atoms with Gasteiger partial charge in [0.05, 0.1) is 17.8 Å². The zero-order valence-corrected chi connectivity index (χ0v) is 15.7. The van der Waals surface area contributed by atoms with Crippen LogP contribution >= 0.6 is 11.3 Å². The van der Waals surface area contributed by atoms with Crippen molar-refractivity contribution in [1.29, 1.82) is 0 Å². The number of hydrogen-bond donors (Lipinski definition) is 1. The fourth-order valence-corrected chi connectivity index (χ4v) is 4.45. The summed E-state index contributed by atoms with van der Waals surface area (Å²) in [5.41, 5.74) is 2.36. The highest BCUT2D eigenvalue weighted by atomic mass is 32.1. The summed E-state index contributed by atoms with van der Waals surface area (Å²) in [4.78, 5) is 28.8. The lowest BCUT2D eigenvalue weighted by atomic mass is 9.95. The third kappa shape index (κ3) is 3.72. The van der Waals surface area contributed by atoms with Crippen LogP contribution < -0.4 is 5.32 Å². The molecule has 28 heavy (non-hydrogen) atoms. The van der Waals surface area contributed by atoms with Crippen LogP contribution in [0.2, 0.25) is 0 Å². The molecule has 0 spiro atoms. The number of carbonyl (C=O) groups is 1. The molecule has 142 valence electrons. The summed E-state index contributed by atoms with van der Waals surface area (Å²) in [6, 6.07) is 12.1. The van der Waals surface area contributed by atoms with Gasteiger partial charge in [0.2, 0.25) is 0 Å². The Morgan fingerprint density at radius 1 is 1.18 bits per heavy atom. The van der Waals surface area contributed by atoms with E-state index in [1.165, 1.54) is 34.6 Å². The van der Waals surface area contributed by atoms with Gasteiger partial charge in [-0.05, 0) is 49.4 Å². The smallest absolute Gasteiger partial charge is 0.400 e. The molecule has 1 aliphatic carbocycles. The molecule has 0 saturated heterocycles. The number of benzene rings is 1. The second kappa shape index (κ2) is 7.77. The van der Waals surface area contributed by atoms with E-state index < -0.39 is 4.92 Å². The molecule has 0 fully saturated rings. The van der Waals surface area contributed by atoms with E-state index in [9.17, 15) is 14.9 Å². The minimum Gasteiger partial charge on any atom is -0.400 e. The molecule has 2 aromatic heterocycles. The van der Waals surface area contributed by atoms with Crippen molar-refractivity contribution in [2.45, 2.75) is 25.7 Å². The van der Waals surface area contributed by atoms with Gasteiger partial charge in [-0.25, -0.2) is 4.99 Å². The molecule has 1 amide bonds. The van der Waals surface area contributed by atoms with Gasteiger partial charge in [0.15, 0.2) is 5.76 Å². The van der Waals surface area contributed by atoms with E-state index in [0.717, 1.165) is 36.9 Å². The van der Waals surface area contributed by atoms with Gasteiger partial charge in [-0.3, -0.25) is 14.9 Å². The van der Waals surface area contributed by atoms with Gasteiger partial charge >= 0.3 is 5.88 Å². The van der Waals surface area contributed by atoms with Crippen molar-refractivity contribution >= 4 is 40.0 Å². The van der Waals surface area contributed by atoms with Gasteiger partial charge in [0.1, 0.15) is 9.92 Å². The number of fused-ring (bicyclic) bond motifs is 1. The number of nitrogens with one attached hydrogen (secondary N) is 1. The lowest BCUT2D eigenvalue weighted by molar-refractivity contribution is -0.402. The number of aliphatic imine (C=N–C) groups is 1.